The van der Waals surface area contributed by atoms with Crippen molar-refractivity contribution in [3.63, 3.8) is 0 Å². The first-order valence-corrected chi connectivity index (χ1v) is 9.38. The molecule has 0 amide bonds. The molecule has 6 nitrogen and oxygen atoms in total. The number of fused-ring (bicyclic) bond motifs is 2. The van der Waals surface area contributed by atoms with Crippen LogP contribution in [-0.4, -0.2) is 27.2 Å². The van der Waals surface area contributed by atoms with Gasteiger partial charge < -0.3 is 14.6 Å². The van der Waals surface area contributed by atoms with E-state index in [9.17, 15) is 5.11 Å². The molecule has 3 aromatic heterocycles. The minimum atomic E-state index is 0.0203. The zero-order valence-electron chi connectivity index (χ0n) is 16.1. The Labute approximate surface area is 172 Å². The lowest BCUT2D eigenvalue weighted by molar-refractivity contribution is 0.374. The molecule has 0 saturated heterocycles. The number of nitrogens with zero attached hydrogens (tertiary/aromatic N) is 3. The van der Waals surface area contributed by atoms with Gasteiger partial charge in [0.25, 0.3) is 0 Å². The summed E-state index contributed by atoms with van der Waals surface area (Å²) in [5.41, 5.74) is 2.90. The van der Waals surface area contributed by atoms with Crippen molar-refractivity contribution in [3.8, 4) is 34.3 Å². The first kappa shape index (κ1) is 17.9. The Morgan fingerprint density at radius 3 is 2.50 bits per heavy atom. The second kappa shape index (κ2) is 7.33. The van der Waals surface area contributed by atoms with Crippen LogP contribution in [0.1, 0.15) is 0 Å². The third kappa shape index (κ3) is 3.14. The molecular weight excluding hydrogens is 378 g/mol. The topological polar surface area (TPSA) is 77.4 Å². The smallest absolute Gasteiger partial charge is 0.162 e. The Morgan fingerprint density at radius 1 is 0.800 bits per heavy atom. The zero-order chi connectivity index (χ0) is 20.5. The normalized spacial score (nSPS) is 11.0. The summed E-state index contributed by atoms with van der Waals surface area (Å²) in [5.74, 6) is 1.52. The van der Waals surface area contributed by atoms with Crippen molar-refractivity contribution in [3.05, 3.63) is 79.1 Å². The highest BCUT2D eigenvalue weighted by atomic mass is 16.5. The van der Waals surface area contributed by atoms with Gasteiger partial charge in [0.15, 0.2) is 22.9 Å². The monoisotopic (exact) mass is 395 g/mol. The summed E-state index contributed by atoms with van der Waals surface area (Å²) >= 11 is 0. The van der Waals surface area contributed by atoms with E-state index < -0.39 is 0 Å². The van der Waals surface area contributed by atoms with Crippen LogP contribution in [0.15, 0.2) is 79.1 Å². The van der Waals surface area contributed by atoms with E-state index in [-0.39, 0.29) is 5.75 Å². The number of aromatic nitrogens is 3. The minimum absolute atomic E-state index is 0.0203. The molecule has 0 fully saturated rings. The highest BCUT2D eigenvalue weighted by molar-refractivity contribution is 5.89. The maximum Gasteiger partial charge on any atom is 0.162 e. The van der Waals surface area contributed by atoms with Crippen molar-refractivity contribution in [2.75, 3.05) is 7.11 Å². The van der Waals surface area contributed by atoms with Crippen LogP contribution in [0.3, 0.4) is 0 Å². The van der Waals surface area contributed by atoms with Gasteiger partial charge in [-0.2, -0.15) is 0 Å². The minimum Gasteiger partial charge on any atom is -0.504 e. The summed E-state index contributed by atoms with van der Waals surface area (Å²) < 4.78 is 11.5. The van der Waals surface area contributed by atoms with Crippen LogP contribution in [-0.2, 0) is 0 Å². The molecule has 0 spiro atoms. The van der Waals surface area contributed by atoms with E-state index in [2.05, 4.69) is 9.97 Å². The number of hydrogen-bond acceptors (Lipinski definition) is 6. The number of pyridine rings is 3. The predicted octanol–water partition coefficient (Wildman–Crippen LogP) is 5.35. The average molecular weight is 395 g/mol. The van der Waals surface area contributed by atoms with Crippen molar-refractivity contribution in [2.24, 2.45) is 0 Å². The van der Waals surface area contributed by atoms with Gasteiger partial charge >= 0.3 is 0 Å². The van der Waals surface area contributed by atoms with Crippen LogP contribution in [0.25, 0.3) is 33.2 Å². The number of phenols is 1. The molecule has 146 valence electrons. The molecule has 3 heterocycles. The molecule has 1 N–H and O–H groups in total. The Bertz CT molecular complexity index is 1370. The molecule has 0 bridgehead atoms. The van der Waals surface area contributed by atoms with Gasteiger partial charge in [0.1, 0.15) is 11.4 Å². The number of aromatic hydroxyl groups is 1. The number of methoxy groups -OCH3 is 1. The number of phenolic OH excluding ortho intramolecular Hbond substituents is 1. The molecule has 30 heavy (non-hydrogen) atoms. The van der Waals surface area contributed by atoms with E-state index in [1.807, 2.05) is 48.5 Å². The molecule has 0 aliphatic rings. The van der Waals surface area contributed by atoms with Gasteiger partial charge in [-0.1, -0.05) is 30.3 Å². The summed E-state index contributed by atoms with van der Waals surface area (Å²) in [6, 6.07) is 20.6. The number of rotatable bonds is 4. The van der Waals surface area contributed by atoms with Gasteiger partial charge in [-0.05, 0) is 30.3 Å². The second-order valence-corrected chi connectivity index (χ2v) is 6.70. The summed E-state index contributed by atoms with van der Waals surface area (Å²) in [4.78, 5) is 13.5. The third-order valence-electron chi connectivity index (χ3n) is 4.82. The Kier molecular flexibility index (Phi) is 4.37. The van der Waals surface area contributed by atoms with Crippen LogP contribution in [0, 0.1) is 0 Å². The van der Waals surface area contributed by atoms with Crippen molar-refractivity contribution in [2.45, 2.75) is 0 Å². The molecule has 0 atom stereocenters. The molecule has 0 aliphatic carbocycles. The van der Waals surface area contributed by atoms with Gasteiger partial charge in [-0.25, -0.2) is 9.97 Å². The number of ether oxygens (including phenoxy) is 2. The van der Waals surface area contributed by atoms with E-state index in [4.69, 9.17) is 14.5 Å². The first-order valence-electron chi connectivity index (χ1n) is 9.38. The quantitative estimate of drug-likeness (QED) is 0.442. The van der Waals surface area contributed by atoms with Crippen LogP contribution in [0.2, 0.25) is 0 Å². The molecule has 5 aromatic rings. The molecule has 0 unspecified atom stereocenters. The Morgan fingerprint density at radius 2 is 1.67 bits per heavy atom. The highest BCUT2D eigenvalue weighted by Gasteiger charge is 2.15. The average Bonchev–Trinajstić information content (AvgIpc) is 2.79. The van der Waals surface area contributed by atoms with E-state index in [0.717, 1.165) is 10.9 Å². The maximum atomic E-state index is 10.2. The van der Waals surface area contributed by atoms with Gasteiger partial charge in [0.2, 0.25) is 0 Å². The summed E-state index contributed by atoms with van der Waals surface area (Å²) in [7, 11) is 1.50. The van der Waals surface area contributed by atoms with Gasteiger partial charge in [-0.15, -0.1) is 0 Å². The van der Waals surface area contributed by atoms with Gasteiger partial charge in [0.05, 0.1) is 12.6 Å². The first-order chi connectivity index (χ1) is 14.7. The maximum absolute atomic E-state index is 10.2. The molecule has 0 radical (unpaired) electrons. The van der Waals surface area contributed by atoms with Crippen molar-refractivity contribution in [1.82, 2.24) is 15.0 Å². The van der Waals surface area contributed by atoms with Crippen LogP contribution < -0.4 is 9.47 Å². The fourth-order valence-electron chi connectivity index (χ4n) is 3.37. The fourth-order valence-corrected chi connectivity index (χ4v) is 3.37. The Balaban J connectivity index is 1.69. The number of benzene rings is 2. The van der Waals surface area contributed by atoms with E-state index in [1.165, 1.54) is 7.11 Å². The predicted molar refractivity (Wildman–Crippen MR) is 115 cm³/mol. The van der Waals surface area contributed by atoms with Crippen LogP contribution >= 0.6 is 0 Å². The van der Waals surface area contributed by atoms with Crippen molar-refractivity contribution >= 4 is 21.9 Å². The molecular formula is C24H17N3O3. The SMILES string of the molecule is COc1cc2nccc(Oc3cc4cccnc4nc3-c3ccccc3)c2cc1O. The highest BCUT2D eigenvalue weighted by Crippen LogP contribution is 2.39. The summed E-state index contributed by atoms with van der Waals surface area (Å²) in [6.07, 6.45) is 3.38. The molecule has 6 heteroatoms. The van der Waals surface area contributed by atoms with Gasteiger partial charge in [0, 0.05) is 34.8 Å². The standard InChI is InChI=1S/C24H17N3O3/c1-29-21-14-18-17(13-19(21)28)20(9-11-25-18)30-22-12-16-8-5-10-26-24(16)27-23(22)15-6-3-2-4-7-15/h2-14,28H,1H3. The lowest BCUT2D eigenvalue weighted by Crippen LogP contribution is -1.95. The third-order valence-corrected chi connectivity index (χ3v) is 4.82. The fraction of sp³-hybridized carbons (Fsp3) is 0.0417. The molecule has 5 rings (SSSR count). The lowest BCUT2D eigenvalue weighted by Gasteiger charge is -2.14. The summed E-state index contributed by atoms with van der Waals surface area (Å²) in [6.45, 7) is 0. The second-order valence-electron chi connectivity index (χ2n) is 6.70. The van der Waals surface area contributed by atoms with E-state index in [1.54, 1.807) is 30.6 Å². The molecule has 0 aliphatic heterocycles. The summed E-state index contributed by atoms with van der Waals surface area (Å²) in [5, 5.41) is 11.8. The van der Waals surface area contributed by atoms with E-state index in [0.29, 0.717) is 39.5 Å². The number of hydrogen-bond donors (Lipinski definition) is 1. The molecule has 2 aromatic carbocycles. The van der Waals surface area contributed by atoms with Gasteiger partial charge in [-0.3, -0.25) is 4.98 Å². The lowest BCUT2D eigenvalue weighted by atomic mass is 10.1. The van der Waals surface area contributed by atoms with Crippen LogP contribution in [0.4, 0.5) is 0 Å². The largest absolute Gasteiger partial charge is 0.504 e. The Hall–Kier alpha value is -4.19. The zero-order valence-corrected chi connectivity index (χ0v) is 16.1. The van der Waals surface area contributed by atoms with Crippen molar-refractivity contribution in [1.29, 1.82) is 0 Å². The van der Waals surface area contributed by atoms with Crippen LogP contribution in [0.5, 0.6) is 23.0 Å². The van der Waals surface area contributed by atoms with Crippen molar-refractivity contribution < 1.29 is 14.6 Å². The van der Waals surface area contributed by atoms with E-state index >= 15 is 0 Å². The molecule has 0 saturated carbocycles.